The zero-order chi connectivity index (χ0) is 14.4. The molecule has 2 amide bonds. The van der Waals surface area contributed by atoms with Crippen molar-refractivity contribution < 1.29 is 9.59 Å². The van der Waals surface area contributed by atoms with Crippen molar-refractivity contribution in [2.45, 2.75) is 32.6 Å². The van der Waals surface area contributed by atoms with Gasteiger partial charge in [0, 0.05) is 26.1 Å². The molecular formula is C16H22N2O2. The lowest BCUT2D eigenvalue weighted by atomic mass is 10.1. The van der Waals surface area contributed by atoms with E-state index in [1.807, 2.05) is 36.1 Å². The second-order valence-electron chi connectivity index (χ2n) is 5.29. The van der Waals surface area contributed by atoms with Crippen molar-refractivity contribution in [3.63, 3.8) is 0 Å². The quantitative estimate of drug-likeness (QED) is 0.802. The molecule has 1 N–H and O–H groups in total. The van der Waals surface area contributed by atoms with Gasteiger partial charge in [-0.1, -0.05) is 24.3 Å². The van der Waals surface area contributed by atoms with E-state index in [2.05, 4.69) is 5.32 Å². The lowest BCUT2D eigenvalue weighted by Gasteiger charge is -2.15. The van der Waals surface area contributed by atoms with E-state index in [1.54, 1.807) is 0 Å². The van der Waals surface area contributed by atoms with E-state index in [1.165, 1.54) is 0 Å². The van der Waals surface area contributed by atoms with E-state index in [0.29, 0.717) is 19.4 Å². The van der Waals surface area contributed by atoms with Crippen molar-refractivity contribution in [1.29, 1.82) is 0 Å². The molecule has 0 aliphatic carbocycles. The first-order chi connectivity index (χ1) is 9.66. The van der Waals surface area contributed by atoms with Gasteiger partial charge in [-0.2, -0.15) is 0 Å². The first-order valence-electron chi connectivity index (χ1n) is 7.26. The molecular weight excluding hydrogens is 252 g/mol. The second-order valence-corrected chi connectivity index (χ2v) is 5.29. The molecule has 1 heterocycles. The number of nitrogens with one attached hydrogen (secondary N) is 1. The van der Waals surface area contributed by atoms with Crippen LogP contribution in [0.25, 0.3) is 0 Å². The molecule has 20 heavy (non-hydrogen) atoms. The van der Waals surface area contributed by atoms with Crippen LogP contribution in [0, 0.1) is 6.92 Å². The zero-order valence-electron chi connectivity index (χ0n) is 12.0. The van der Waals surface area contributed by atoms with E-state index in [9.17, 15) is 9.59 Å². The predicted octanol–water partition coefficient (Wildman–Crippen LogP) is 1.67. The van der Waals surface area contributed by atoms with E-state index in [4.69, 9.17) is 0 Å². The Hall–Kier alpha value is -1.84. The molecule has 0 bridgehead atoms. The summed E-state index contributed by atoms with van der Waals surface area (Å²) >= 11 is 0. The molecule has 2 rings (SSSR count). The summed E-state index contributed by atoms with van der Waals surface area (Å²) in [5.74, 6) is 0.295. The van der Waals surface area contributed by atoms with Gasteiger partial charge < -0.3 is 10.2 Å². The largest absolute Gasteiger partial charge is 0.356 e. The molecule has 0 atom stereocenters. The number of benzene rings is 1. The Morgan fingerprint density at radius 3 is 2.85 bits per heavy atom. The smallest absolute Gasteiger partial charge is 0.224 e. The summed E-state index contributed by atoms with van der Waals surface area (Å²) in [4.78, 5) is 25.1. The fourth-order valence-corrected chi connectivity index (χ4v) is 2.48. The summed E-state index contributed by atoms with van der Waals surface area (Å²) in [6.45, 7) is 4.27. The summed E-state index contributed by atoms with van der Waals surface area (Å²) in [5.41, 5.74) is 2.21. The zero-order valence-corrected chi connectivity index (χ0v) is 12.0. The maximum Gasteiger partial charge on any atom is 0.224 e. The third kappa shape index (κ3) is 4.08. The number of hydrogen-bond donors (Lipinski definition) is 1. The highest BCUT2D eigenvalue weighted by molar-refractivity contribution is 5.79. The second kappa shape index (κ2) is 7.08. The molecule has 4 heteroatoms. The van der Waals surface area contributed by atoms with Gasteiger partial charge in [0.15, 0.2) is 0 Å². The molecule has 108 valence electrons. The molecule has 0 spiro atoms. The average Bonchev–Trinajstić information content (AvgIpc) is 2.83. The van der Waals surface area contributed by atoms with Gasteiger partial charge in [-0.25, -0.2) is 0 Å². The van der Waals surface area contributed by atoms with Crippen LogP contribution in [0.2, 0.25) is 0 Å². The van der Waals surface area contributed by atoms with Crippen LogP contribution in [0.4, 0.5) is 0 Å². The molecule has 0 radical (unpaired) electrons. The van der Waals surface area contributed by atoms with Crippen molar-refractivity contribution in [1.82, 2.24) is 10.2 Å². The van der Waals surface area contributed by atoms with Gasteiger partial charge >= 0.3 is 0 Å². The predicted molar refractivity (Wildman–Crippen MR) is 78.3 cm³/mol. The van der Waals surface area contributed by atoms with Crippen LogP contribution in [0.5, 0.6) is 0 Å². The Kier molecular flexibility index (Phi) is 5.16. The number of rotatable bonds is 6. The van der Waals surface area contributed by atoms with Gasteiger partial charge in [0.1, 0.15) is 0 Å². The van der Waals surface area contributed by atoms with E-state index < -0.39 is 0 Å². The molecule has 1 aliphatic heterocycles. The molecule has 0 unspecified atom stereocenters. The lowest BCUT2D eigenvalue weighted by Crippen LogP contribution is -2.31. The van der Waals surface area contributed by atoms with Crippen LogP contribution in [0.15, 0.2) is 24.3 Å². The number of carbonyl (C=O) groups excluding carboxylic acids is 2. The van der Waals surface area contributed by atoms with E-state index in [-0.39, 0.29) is 11.8 Å². The first kappa shape index (κ1) is 14.6. The van der Waals surface area contributed by atoms with Crippen LogP contribution >= 0.6 is 0 Å². The van der Waals surface area contributed by atoms with Gasteiger partial charge in [0.2, 0.25) is 11.8 Å². The highest BCUT2D eigenvalue weighted by Gasteiger charge is 2.18. The number of carbonyl (C=O) groups is 2. The van der Waals surface area contributed by atoms with Crippen molar-refractivity contribution in [3.05, 3.63) is 35.4 Å². The Morgan fingerprint density at radius 2 is 2.15 bits per heavy atom. The fourth-order valence-electron chi connectivity index (χ4n) is 2.48. The molecule has 1 aromatic rings. The number of hydrogen-bond acceptors (Lipinski definition) is 2. The Morgan fingerprint density at radius 1 is 1.35 bits per heavy atom. The first-order valence-corrected chi connectivity index (χ1v) is 7.26. The highest BCUT2D eigenvalue weighted by Crippen LogP contribution is 2.09. The standard InChI is InChI=1S/C16H22N2O2/c1-13-6-2-3-7-14(13)12-15(19)17-9-5-11-18-10-4-8-16(18)20/h2-3,6-7H,4-5,8-12H2,1H3,(H,17,19). The van der Waals surface area contributed by atoms with Gasteiger partial charge in [-0.05, 0) is 30.9 Å². The number of likely N-dealkylation sites (tertiary alicyclic amines) is 1. The van der Waals surface area contributed by atoms with Crippen molar-refractivity contribution in [2.75, 3.05) is 19.6 Å². The van der Waals surface area contributed by atoms with Crippen molar-refractivity contribution in [3.8, 4) is 0 Å². The molecule has 1 aromatic carbocycles. The molecule has 1 fully saturated rings. The van der Waals surface area contributed by atoms with E-state index in [0.717, 1.165) is 37.1 Å². The maximum absolute atomic E-state index is 11.8. The molecule has 0 aromatic heterocycles. The molecule has 0 saturated carbocycles. The summed E-state index contributed by atoms with van der Waals surface area (Å²) in [7, 11) is 0. The molecule has 1 aliphatic rings. The minimum atomic E-state index is 0.0482. The third-order valence-electron chi connectivity index (χ3n) is 3.71. The minimum Gasteiger partial charge on any atom is -0.356 e. The van der Waals surface area contributed by atoms with Crippen LogP contribution < -0.4 is 5.32 Å². The Balaban J connectivity index is 1.65. The van der Waals surface area contributed by atoms with Gasteiger partial charge in [-0.15, -0.1) is 0 Å². The fraction of sp³-hybridized carbons (Fsp3) is 0.500. The van der Waals surface area contributed by atoms with Crippen molar-refractivity contribution in [2.24, 2.45) is 0 Å². The normalized spacial score (nSPS) is 14.7. The Bertz CT molecular complexity index is 485. The topological polar surface area (TPSA) is 49.4 Å². The SMILES string of the molecule is Cc1ccccc1CC(=O)NCCCN1CCCC1=O. The molecule has 4 nitrogen and oxygen atoms in total. The number of amides is 2. The van der Waals surface area contributed by atoms with Crippen molar-refractivity contribution >= 4 is 11.8 Å². The summed E-state index contributed by atoms with van der Waals surface area (Å²) in [5, 5.41) is 2.92. The maximum atomic E-state index is 11.8. The van der Waals surface area contributed by atoms with E-state index >= 15 is 0 Å². The Labute approximate surface area is 120 Å². The highest BCUT2D eigenvalue weighted by atomic mass is 16.2. The van der Waals surface area contributed by atoms with Crippen LogP contribution in [0.1, 0.15) is 30.4 Å². The molecule has 1 saturated heterocycles. The monoisotopic (exact) mass is 274 g/mol. The van der Waals surface area contributed by atoms with Gasteiger partial charge in [0.05, 0.1) is 6.42 Å². The van der Waals surface area contributed by atoms with Gasteiger partial charge in [-0.3, -0.25) is 9.59 Å². The van der Waals surface area contributed by atoms with Crippen LogP contribution in [0.3, 0.4) is 0 Å². The lowest BCUT2D eigenvalue weighted by molar-refractivity contribution is -0.127. The number of nitrogens with zero attached hydrogens (tertiary/aromatic N) is 1. The number of aryl methyl sites for hydroxylation is 1. The van der Waals surface area contributed by atoms with Gasteiger partial charge in [0.25, 0.3) is 0 Å². The minimum absolute atomic E-state index is 0.0482. The summed E-state index contributed by atoms with van der Waals surface area (Å²) in [6.07, 6.45) is 2.90. The third-order valence-corrected chi connectivity index (χ3v) is 3.71. The van der Waals surface area contributed by atoms with Crippen LogP contribution in [-0.2, 0) is 16.0 Å². The summed E-state index contributed by atoms with van der Waals surface area (Å²) in [6, 6.07) is 7.93. The van der Waals surface area contributed by atoms with Crippen LogP contribution in [-0.4, -0.2) is 36.3 Å². The summed E-state index contributed by atoms with van der Waals surface area (Å²) < 4.78 is 0. The average molecular weight is 274 g/mol.